The Bertz CT molecular complexity index is 1170. The third-order valence-electron chi connectivity index (χ3n) is 7.54. The average Bonchev–Trinajstić information content (AvgIpc) is 3.48. The summed E-state index contributed by atoms with van der Waals surface area (Å²) < 4.78 is 34.2. The van der Waals surface area contributed by atoms with Crippen LogP contribution in [0.25, 0.3) is 0 Å². The van der Waals surface area contributed by atoms with E-state index in [4.69, 9.17) is 16.3 Å². The molecule has 0 bridgehead atoms. The Morgan fingerprint density at radius 1 is 1.24 bits per heavy atom. The fourth-order valence-corrected chi connectivity index (χ4v) is 5.91. The Balaban J connectivity index is 1.49. The smallest absolute Gasteiger partial charge is 0.282 e. The molecule has 1 N–H and O–H groups in total. The van der Waals surface area contributed by atoms with Gasteiger partial charge in [0, 0.05) is 43.7 Å². The molecule has 2 fully saturated rings. The largest absolute Gasteiger partial charge is 0.487 e. The highest BCUT2D eigenvalue weighted by atomic mass is 35.5. The predicted octanol–water partition coefficient (Wildman–Crippen LogP) is 3.18. The first-order valence-electron chi connectivity index (χ1n) is 12.8. The molecule has 2 saturated heterocycles. The van der Waals surface area contributed by atoms with Gasteiger partial charge in [-0.15, -0.1) is 5.10 Å². The molecule has 1 aromatic heterocycles. The second-order valence-corrected chi connectivity index (χ2v) is 10.2. The van der Waals surface area contributed by atoms with Gasteiger partial charge in [-0.25, -0.2) is 13.5 Å². The number of amides is 2. The molecular weight excluding hydrogens is 506 g/mol. The highest BCUT2D eigenvalue weighted by Crippen LogP contribution is 2.42. The van der Waals surface area contributed by atoms with Crippen LogP contribution in [-0.4, -0.2) is 68.8 Å². The number of benzene rings is 1. The van der Waals surface area contributed by atoms with Gasteiger partial charge in [0.05, 0.1) is 12.1 Å². The Morgan fingerprint density at radius 2 is 2.08 bits per heavy atom. The Labute approximate surface area is 219 Å². The van der Waals surface area contributed by atoms with Crippen molar-refractivity contribution in [1.82, 2.24) is 30.1 Å². The third-order valence-corrected chi connectivity index (χ3v) is 7.90. The third kappa shape index (κ3) is 5.16. The molecule has 4 heterocycles. The first-order valence-corrected chi connectivity index (χ1v) is 13.1. The monoisotopic (exact) mass is 536 g/mol. The van der Waals surface area contributed by atoms with Crippen LogP contribution in [0.4, 0.5) is 8.78 Å². The summed E-state index contributed by atoms with van der Waals surface area (Å²) in [4.78, 5) is 29.9. The van der Waals surface area contributed by atoms with Crippen molar-refractivity contribution in [2.75, 3.05) is 26.2 Å². The minimum Gasteiger partial charge on any atom is -0.487 e. The predicted molar refractivity (Wildman–Crippen MR) is 131 cm³/mol. The molecule has 5 rings (SSSR count). The highest BCUT2D eigenvalue weighted by Gasteiger charge is 2.39. The lowest BCUT2D eigenvalue weighted by Crippen LogP contribution is -2.53. The summed E-state index contributed by atoms with van der Waals surface area (Å²) in [5.74, 6) is 0.499. The van der Waals surface area contributed by atoms with Crippen LogP contribution in [0.2, 0.25) is 5.02 Å². The van der Waals surface area contributed by atoms with E-state index in [1.807, 2.05) is 4.90 Å². The lowest BCUT2D eigenvalue weighted by molar-refractivity contribution is -0.139. The molecule has 0 radical (unpaired) electrons. The zero-order valence-electron chi connectivity index (χ0n) is 20.8. The average molecular weight is 537 g/mol. The fourth-order valence-electron chi connectivity index (χ4n) is 5.65. The summed E-state index contributed by atoms with van der Waals surface area (Å²) >= 11 is 6.61. The second kappa shape index (κ2) is 10.9. The zero-order valence-corrected chi connectivity index (χ0v) is 21.5. The molecule has 12 heteroatoms. The van der Waals surface area contributed by atoms with Gasteiger partial charge in [0.1, 0.15) is 23.7 Å². The number of fused-ring (bicyclic) bond motifs is 1. The van der Waals surface area contributed by atoms with E-state index in [0.717, 1.165) is 48.0 Å². The summed E-state index contributed by atoms with van der Waals surface area (Å²) in [5.41, 5.74) is 1.32. The molecule has 0 saturated carbocycles. The van der Waals surface area contributed by atoms with Crippen LogP contribution in [0.1, 0.15) is 67.1 Å². The van der Waals surface area contributed by atoms with Crippen LogP contribution in [-0.2, 0) is 29.7 Å². The van der Waals surface area contributed by atoms with Gasteiger partial charge in [-0.3, -0.25) is 9.59 Å². The minimum absolute atomic E-state index is 0.00170. The quantitative estimate of drug-likeness (QED) is 0.584. The van der Waals surface area contributed by atoms with Crippen LogP contribution < -0.4 is 10.1 Å². The summed E-state index contributed by atoms with van der Waals surface area (Å²) in [6.45, 7) is 2.01. The van der Waals surface area contributed by atoms with Gasteiger partial charge in [-0.1, -0.05) is 23.2 Å². The highest BCUT2D eigenvalue weighted by molar-refractivity contribution is 6.31. The molecule has 3 aliphatic rings. The van der Waals surface area contributed by atoms with Crippen molar-refractivity contribution in [2.24, 2.45) is 7.05 Å². The van der Waals surface area contributed by atoms with Crippen LogP contribution in [0, 0.1) is 0 Å². The topological polar surface area (TPSA) is 92.6 Å². The molecule has 2 amide bonds. The maximum absolute atomic E-state index is 13.7. The molecule has 0 spiro atoms. The van der Waals surface area contributed by atoms with Crippen LogP contribution in [0.3, 0.4) is 0 Å². The number of piperidine rings is 1. The molecule has 2 aromatic rings. The van der Waals surface area contributed by atoms with E-state index in [2.05, 4.69) is 15.6 Å². The van der Waals surface area contributed by atoms with E-state index in [0.29, 0.717) is 43.2 Å². The first-order chi connectivity index (χ1) is 17.8. The van der Waals surface area contributed by atoms with Crippen molar-refractivity contribution in [3.05, 3.63) is 39.7 Å². The fraction of sp³-hybridized carbons (Fsp3) is 0.600. The van der Waals surface area contributed by atoms with Crippen molar-refractivity contribution in [2.45, 2.75) is 63.6 Å². The number of ether oxygens (including phenoxy) is 1. The number of carbonyl (C=O) groups is 2. The summed E-state index contributed by atoms with van der Waals surface area (Å²) in [6.07, 6.45) is 1.82. The number of rotatable bonds is 7. The number of nitrogens with one attached hydrogen (secondary N) is 1. The van der Waals surface area contributed by atoms with E-state index < -0.39 is 12.5 Å². The van der Waals surface area contributed by atoms with E-state index >= 15 is 0 Å². The molecular formula is C25H31ClF2N6O3. The van der Waals surface area contributed by atoms with Crippen molar-refractivity contribution in [3.63, 3.8) is 0 Å². The molecule has 200 valence electrons. The molecule has 9 nitrogen and oxygen atoms in total. The maximum Gasteiger partial charge on any atom is 0.282 e. The first kappa shape index (κ1) is 25.8. The lowest BCUT2D eigenvalue weighted by Gasteiger charge is -2.42. The second-order valence-electron chi connectivity index (χ2n) is 9.82. The number of aryl methyl sites for hydroxylation is 1. The standard InChI is InChI=1S/C25H31ClF2N6O3/c1-32-23(24(27)28)18(30-31-32)14-37-20-8-7-16(26)15-9-12-34(25(36)17-5-2-3-10-29-17)19(22(15)20)13-33-11-4-6-21(33)35/h7-8,17,19,24,29H,2-6,9-14H2,1H3/t17-,19?/m0/s1. The molecule has 2 atom stereocenters. The number of likely N-dealkylation sites (tertiary alicyclic amines) is 1. The maximum atomic E-state index is 13.7. The summed E-state index contributed by atoms with van der Waals surface area (Å²) in [7, 11) is 1.41. The van der Waals surface area contributed by atoms with Crippen LogP contribution >= 0.6 is 11.6 Å². The summed E-state index contributed by atoms with van der Waals surface area (Å²) in [6, 6.07) is 2.68. The number of carbonyl (C=O) groups excluding carboxylic acids is 2. The van der Waals surface area contributed by atoms with E-state index in [1.165, 1.54) is 7.05 Å². The lowest BCUT2D eigenvalue weighted by atomic mass is 9.89. The number of hydrogen-bond acceptors (Lipinski definition) is 6. The van der Waals surface area contributed by atoms with E-state index in [1.54, 1.807) is 17.0 Å². The molecule has 37 heavy (non-hydrogen) atoms. The van der Waals surface area contributed by atoms with Gasteiger partial charge < -0.3 is 19.9 Å². The van der Waals surface area contributed by atoms with Gasteiger partial charge in [0.2, 0.25) is 11.8 Å². The SMILES string of the molecule is Cn1nnc(COc2ccc(Cl)c3c2C(CN2CCCC2=O)N(C(=O)[C@@H]2CCCCN2)CC3)c1C(F)F. The Kier molecular flexibility index (Phi) is 7.62. The van der Waals surface area contributed by atoms with E-state index in [9.17, 15) is 18.4 Å². The van der Waals surface area contributed by atoms with Crippen molar-refractivity contribution < 1.29 is 23.1 Å². The van der Waals surface area contributed by atoms with Gasteiger partial charge in [-0.05, 0) is 49.9 Å². The number of nitrogens with zero attached hydrogens (tertiary/aromatic N) is 5. The van der Waals surface area contributed by atoms with Crippen molar-refractivity contribution >= 4 is 23.4 Å². The van der Waals surface area contributed by atoms with Crippen molar-refractivity contribution in [1.29, 1.82) is 0 Å². The van der Waals surface area contributed by atoms with Gasteiger partial charge in [-0.2, -0.15) is 0 Å². The van der Waals surface area contributed by atoms with Crippen molar-refractivity contribution in [3.8, 4) is 5.75 Å². The van der Waals surface area contributed by atoms with Crippen LogP contribution in [0.15, 0.2) is 12.1 Å². The van der Waals surface area contributed by atoms with Crippen LogP contribution in [0.5, 0.6) is 5.75 Å². The zero-order chi connectivity index (χ0) is 26.1. The van der Waals surface area contributed by atoms with Gasteiger partial charge >= 0.3 is 0 Å². The Hall–Kier alpha value is -2.79. The normalized spacial score (nSPS) is 22.0. The summed E-state index contributed by atoms with van der Waals surface area (Å²) in [5, 5.41) is 11.5. The number of alkyl halides is 2. The number of hydrogen-bond donors (Lipinski definition) is 1. The molecule has 1 unspecified atom stereocenters. The van der Waals surface area contributed by atoms with Gasteiger partial charge in [0.15, 0.2) is 0 Å². The number of halogens is 3. The molecule has 1 aromatic carbocycles. The number of aromatic nitrogens is 3. The Morgan fingerprint density at radius 3 is 2.78 bits per heavy atom. The van der Waals surface area contributed by atoms with Gasteiger partial charge in [0.25, 0.3) is 6.43 Å². The molecule has 0 aliphatic carbocycles. The van der Waals surface area contributed by atoms with E-state index in [-0.39, 0.29) is 35.9 Å². The molecule has 3 aliphatic heterocycles. The minimum atomic E-state index is -2.75.